The van der Waals surface area contributed by atoms with Crippen LogP contribution < -0.4 is 5.32 Å². The molecular weight excluding hydrogens is 240 g/mol. The van der Waals surface area contributed by atoms with Crippen molar-refractivity contribution in [3.05, 3.63) is 0 Å². The molecule has 106 valence electrons. The lowest BCUT2D eigenvalue weighted by Crippen LogP contribution is -2.46. The molecule has 2 rings (SSSR count). The van der Waals surface area contributed by atoms with Crippen molar-refractivity contribution in [2.75, 3.05) is 44.7 Å². The molecule has 1 saturated heterocycles. The third-order valence-corrected chi connectivity index (χ3v) is 5.81. The number of nitrogens with zero attached hydrogens (tertiary/aromatic N) is 1. The predicted molar refractivity (Wildman–Crippen MR) is 82.4 cm³/mol. The van der Waals surface area contributed by atoms with Gasteiger partial charge in [-0.3, -0.25) is 0 Å². The lowest BCUT2D eigenvalue weighted by Gasteiger charge is -2.42. The summed E-state index contributed by atoms with van der Waals surface area (Å²) < 4.78 is 0. The van der Waals surface area contributed by atoms with Gasteiger partial charge in [-0.1, -0.05) is 19.8 Å². The lowest BCUT2D eigenvalue weighted by molar-refractivity contribution is 0.0921. The highest BCUT2D eigenvalue weighted by Gasteiger charge is 2.35. The first-order valence-corrected chi connectivity index (χ1v) is 8.84. The molecule has 2 aliphatic rings. The molecule has 0 amide bonds. The Morgan fingerprint density at radius 1 is 1.22 bits per heavy atom. The summed E-state index contributed by atoms with van der Waals surface area (Å²) in [5.74, 6) is 3.66. The summed E-state index contributed by atoms with van der Waals surface area (Å²) in [7, 11) is 2.12. The first-order chi connectivity index (χ1) is 8.74. The van der Waals surface area contributed by atoms with Crippen molar-refractivity contribution in [2.45, 2.75) is 39.0 Å². The zero-order chi connectivity index (χ0) is 12.8. The predicted octanol–water partition coefficient (Wildman–Crippen LogP) is 2.84. The van der Waals surface area contributed by atoms with Crippen LogP contribution in [0.3, 0.4) is 0 Å². The van der Waals surface area contributed by atoms with Crippen molar-refractivity contribution in [1.82, 2.24) is 10.2 Å². The van der Waals surface area contributed by atoms with E-state index in [1.807, 2.05) is 0 Å². The fraction of sp³-hybridized carbons (Fsp3) is 1.00. The highest BCUT2D eigenvalue weighted by molar-refractivity contribution is 7.99. The molecule has 0 bridgehead atoms. The molecule has 2 fully saturated rings. The molecule has 0 spiro atoms. The summed E-state index contributed by atoms with van der Waals surface area (Å²) in [6.45, 7) is 7.61. The van der Waals surface area contributed by atoms with E-state index in [4.69, 9.17) is 0 Å². The molecule has 0 aromatic carbocycles. The summed E-state index contributed by atoms with van der Waals surface area (Å²) in [4.78, 5) is 2.74. The quantitative estimate of drug-likeness (QED) is 0.846. The van der Waals surface area contributed by atoms with Crippen LogP contribution in [0.2, 0.25) is 0 Å². The monoisotopic (exact) mass is 270 g/mol. The molecule has 0 unspecified atom stereocenters. The van der Waals surface area contributed by atoms with Gasteiger partial charge in [0.1, 0.15) is 0 Å². The van der Waals surface area contributed by atoms with Gasteiger partial charge in [-0.05, 0) is 49.9 Å². The largest absolute Gasteiger partial charge is 0.319 e. The first-order valence-electron chi connectivity index (χ1n) is 7.69. The Morgan fingerprint density at radius 2 is 2.00 bits per heavy atom. The van der Waals surface area contributed by atoms with Crippen molar-refractivity contribution >= 4 is 11.8 Å². The zero-order valence-corrected chi connectivity index (χ0v) is 13.0. The Kier molecular flexibility index (Phi) is 5.84. The summed E-state index contributed by atoms with van der Waals surface area (Å²) in [6, 6.07) is 0. The third kappa shape index (κ3) is 4.14. The highest BCUT2D eigenvalue weighted by atomic mass is 32.2. The van der Waals surface area contributed by atoms with Crippen LogP contribution >= 0.6 is 11.8 Å². The SMILES string of the molecule is CNCC1(CN2CCCSCC2)CCC(C)CC1. The summed E-state index contributed by atoms with van der Waals surface area (Å²) in [5.41, 5.74) is 0.566. The fourth-order valence-electron chi connectivity index (χ4n) is 3.57. The summed E-state index contributed by atoms with van der Waals surface area (Å²) in [6.07, 6.45) is 7.11. The summed E-state index contributed by atoms with van der Waals surface area (Å²) >= 11 is 2.14. The van der Waals surface area contributed by atoms with Gasteiger partial charge in [0, 0.05) is 25.4 Å². The van der Waals surface area contributed by atoms with E-state index < -0.39 is 0 Å². The van der Waals surface area contributed by atoms with E-state index >= 15 is 0 Å². The molecule has 2 nitrogen and oxygen atoms in total. The van der Waals surface area contributed by atoms with Gasteiger partial charge in [0.25, 0.3) is 0 Å². The van der Waals surface area contributed by atoms with Crippen molar-refractivity contribution in [3.63, 3.8) is 0 Å². The number of hydrogen-bond acceptors (Lipinski definition) is 3. The van der Waals surface area contributed by atoms with Crippen LogP contribution in [0.4, 0.5) is 0 Å². The molecule has 1 aliphatic carbocycles. The molecule has 0 aromatic rings. The van der Waals surface area contributed by atoms with Gasteiger partial charge in [-0.15, -0.1) is 0 Å². The van der Waals surface area contributed by atoms with Crippen LogP contribution in [0.25, 0.3) is 0 Å². The molecular formula is C15H30N2S. The number of hydrogen-bond donors (Lipinski definition) is 1. The average Bonchev–Trinajstić information content (AvgIpc) is 2.62. The molecule has 1 saturated carbocycles. The second kappa shape index (κ2) is 7.16. The van der Waals surface area contributed by atoms with E-state index in [9.17, 15) is 0 Å². The fourth-order valence-corrected chi connectivity index (χ4v) is 4.50. The van der Waals surface area contributed by atoms with E-state index in [0.29, 0.717) is 5.41 Å². The van der Waals surface area contributed by atoms with Crippen LogP contribution in [-0.4, -0.2) is 49.6 Å². The highest BCUT2D eigenvalue weighted by Crippen LogP contribution is 2.39. The van der Waals surface area contributed by atoms with E-state index in [1.54, 1.807) is 0 Å². The molecule has 0 aromatic heterocycles. The van der Waals surface area contributed by atoms with Gasteiger partial charge in [0.05, 0.1) is 0 Å². The molecule has 0 radical (unpaired) electrons. The minimum atomic E-state index is 0.566. The van der Waals surface area contributed by atoms with Crippen LogP contribution in [-0.2, 0) is 0 Å². The molecule has 1 heterocycles. The lowest BCUT2D eigenvalue weighted by atomic mass is 9.70. The minimum Gasteiger partial charge on any atom is -0.319 e. The second-order valence-electron chi connectivity index (χ2n) is 6.45. The maximum absolute atomic E-state index is 3.47. The zero-order valence-electron chi connectivity index (χ0n) is 12.2. The van der Waals surface area contributed by atoms with Gasteiger partial charge in [-0.25, -0.2) is 0 Å². The average molecular weight is 270 g/mol. The topological polar surface area (TPSA) is 15.3 Å². The van der Waals surface area contributed by atoms with Gasteiger partial charge in [-0.2, -0.15) is 11.8 Å². The standard InChI is InChI=1S/C15H30N2S/c1-14-4-6-15(7-5-14,12-16-2)13-17-8-3-10-18-11-9-17/h14,16H,3-13H2,1-2H3. The normalized spacial score (nSPS) is 35.3. The Balaban J connectivity index is 1.92. The Bertz CT molecular complexity index is 229. The first kappa shape index (κ1) is 14.7. The molecule has 3 heteroatoms. The second-order valence-corrected chi connectivity index (χ2v) is 7.68. The van der Waals surface area contributed by atoms with Crippen LogP contribution in [0, 0.1) is 11.3 Å². The molecule has 1 aliphatic heterocycles. The van der Waals surface area contributed by atoms with Crippen LogP contribution in [0.1, 0.15) is 39.0 Å². The smallest absolute Gasteiger partial charge is 0.00726 e. The maximum Gasteiger partial charge on any atom is 0.00726 e. The Morgan fingerprint density at radius 3 is 2.72 bits per heavy atom. The molecule has 0 atom stereocenters. The van der Waals surface area contributed by atoms with E-state index in [-0.39, 0.29) is 0 Å². The maximum atomic E-state index is 3.47. The number of thioether (sulfide) groups is 1. The Labute approximate surface area is 117 Å². The van der Waals surface area contributed by atoms with Crippen molar-refractivity contribution in [1.29, 1.82) is 0 Å². The van der Waals surface area contributed by atoms with E-state index in [0.717, 1.165) is 5.92 Å². The minimum absolute atomic E-state index is 0.566. The number of rotatable bonds is 4. The summed E-state index contributed by atoms with van der Waals surface area (Å²) in [5, 5.41) is 3.47. The Hall–Kier alpha value is 0.270. The van der Waals surface area contributed by atoms with E-state index in [1.165, 1.54) is 69.8 Å². The van der Waals surface area contributed by atoms with Crippen molar-refractivity contribution in [3.8, 4) is 0 Å². The number of nitrogens with one attached hydrogen (secondary N) is 1. The van der Waals surface area contributed by atoms with Crippen molar-refractivity contribution < 1.29 is 0 Å². The van der Waals surface area contributed by atoms with Crippen LogP contribution in [0.15, 0.2) is 0 Å². The van der Waals surface area contributed by atoms with E-state index in [2.05, 4.69) is 35.9 Å². The van der Waals surface area contributed by atoms with Gasteiger partial charge in [0.2, 0.25) is 0 Å². The third-order valence-electron chi connectivity index (χ3n) is 4.76. The molecule has 18 heavy (non-hydrogen) atoms. The van der Waals surface area contributed by atoms with Gasteiger partial charge >= 0.3 is 0 Å². The van der Waals surface area contributed by atoms with Crippen LogP contribution in [0.5, 0.6) is 0 Å². The van der Waals surface area contributed by atoms with Crippen molar-refractivity contribution in [2.24, 2.45) is 11.3 Å². The van der Waals surface area contributed by atoms with Gasteiger partial charge < -0.3 is 10.2 Å². The molecule has 1 N–H and O–H groups in total. The van der Waals surface area contributed by atoms with Gasteiger partial charge in [0.15, 0.2) is 0 Å².